The lowest BCUT2D eigenvalue weighted by atomic mass is 10.2. The Labute approximate surface area is 68.7 Å². The summed E-state index contributed by atoms with van der Waals surface area (Å²) in [6.45, 7) is 5.18. The molecule has 1 heterocycles. The smallest absolute Gasteiger partial charge is 0.0620 e. The van der Waals surface area contributed by atoms with E-state index in [4.69, 9.17) is 4.74 Å². The van der Waals surface area contributed by atoms with Gasteiger partial charge >= 0.3 is 0 Å². The zero-order valence-electron chi connectivity index (χ0n) is 6.43. The van der Waals surface area contributed by atoms with E-state index in [1.807, 2.05) is 0 Å². The van der Waals surface area contributed by atoms with Crippen molar-refractivity contribution >= 4 is 12.4 Å². The largest absolute Gasteiger partial charge is 0.380 e. The molecule has 0 saturated carbocycles. The summed E-state index contributed by atoms with van der Waals surface area (Å²) in [5.74, 6) is 0. The topological polar surface area (TPSA) is 21.3 Å². The zero-order valence-corrected chi connectivity index (χ0v) is 7.25. The first-order chi connectivity index (χ1) is 4.43. The summed E-state index contributed by atoms with van der Waals surface area (Å²) in [5, 5.41) is 3.41. The molecule has 0 bridgehead atoms. The lowest BCUT2D eigenvalue weighted by Crippen LogP contribution is -2.29. The lowest BCUT2D eigenvalue weighted by molar-refractivity contribution is 0.190. The summed E-state index contributed by atoms with van der Waals surface area (Å²) in [7, 11) is 0. The highest BCUT2D eigenvalue weighted by molar-refractivity contribution is 5.85. The summed E-state index contributed by atoms with van der Waals surface area (Å²) < 4.78 is 5.19. The van der Waals surface area contributed by atoms with Gasteiger partial charge in [0.05, 0.1) is 6.61 Å². The molecule has 1 aliphatic heterocycles. The van der Waals surface area contributed by atoms with Crippen LogP contribution in [0.5, 0.6) is 0 Å². The fourth-order valence-corrected chi connectivity index (χ4v) is 1.04. The Bertz CT molecular complexity index is 74.0. The minimum atomic E-state index is 0. The van der Waals surface area contributed by atoms with Gasteiger partial charge in [-0.3, -0.25) is 0 Å². The molecule has 0 radical (unpaired) electrons. The van der Waals surface area contributed by atoms with E-state index >= 15 is 0 Å². The first-order valence-electron chi connectivity index (χ1n) is 3.74. The molecule has 3 heteroatoms. The Balaban J connectivity index is 0.000000810. The predicted octanol–water partition coefficient (Wildman–Crippen LogP) is 1.20. The average molecular weight is 166 g/mol. The van der Waals surface area contributed by atoms with Gasteiger partial charge in [0.1, 0.15) is 0 Å². The van der Waals surface area contributed by atoms with Crippen molar-refractivity contribution in [2.75, 3.05) is 19.8 Å². The minimum absolute atomic E-state index is 0. The van der Waals surface area contributed by atoms with E-state index in [1.165, 1.54) is 12.8 Å². The van der Waals surface area contributed by atoms with Gasteiger partial charge in [-0.2, -0.15) is 0 Å². The summed E-state index contributed by atoms with van der Waals surface area (Å²) in [6.07, 6.45) is 2.41. The van der Waals surface area contributed by atoms with Crippen LogP contribution in [-0.4, -0.2) is 25.8 Å². The van der Waals surface area contributed by atoms with Gasteiger partial charge in [0.25, 0.3) is 0 Å². The Morgan fingerprint density at radius 2 is 2.40 bits per heavy atom. The molecule has 62 valence electrons. The second-order valence-corrected chi connectivity index (χ2v) is 2.51. The molecule has 1 aliphatic rings. The number of hydrogen-bond donors (Lipinski definition) is 1. The van der Waals surface area contributed by atoms with Crippen LogP contribution in [0.3, 0.4) is 0 Å². The number of rotatable bonds is 3. The summed E-state index contributed by atoms with van der Waals surface area (Å²) in [5.41, 5.74) is 0. The second-order valence-electron chi connectivity index (χ2n) is 2.51. The van der Waals surface area contributed by atoms with Crippen LogP contribution < -0.4 is 5.32 Å². The average Bonchev–Trinajstić information content (AvgIpc) is 2.34. The Morgan fingerprint density at radius 3 is 2.90 bits per heavy atom. The Kier molecular flexibility index (Phi) is 6.08. The van der Waals surface area contributed by atoms with Crippen LogP contribution in [0.1, 0.15) is 19.8 Å². The van der Waals surface area contributed by atoms with E-state index in [0.717, 1.165) is 19.8 Å². The molecular weight excluding hydrogens is 150 g/mol. The molecule has 1 rings (SSSR count). The van der Waals surface area contributed by atoms with E-state index < -0.39 is 0 Å². The molecule has 0 aromatic carbocycles. The minimum Gasteiger partial charge on any atom is -0.380 e. The van der Waals surface area contributed by atoms with Crippen molar-refractivity contribution in [3.8, 4) is 0 Å². The lowest BCUT2D eigenvalue weighted by Gasteiger charge is -2.07. The molecular formula is C7H16ClNO. The van der Waals surface area contributed by atoms with E-state index in [0.29, 0.717) is 6.04 Å². The van der Waals surface area contributed by atoms with Gasteiger partial charge in [0.15, 0.2) is 0 Å². The molecule has 1 fully saturated rings. The normalized spacial score (nSPS) is 24.3. The molecule has 0 spiro atoms. The van der Waals surface area contributed by atoms with Crippen LogP contribution in [-0.2, 0) is 4.74 Å². The van der Waals surface area contributed by atoms with Gasteiger partial charge in [-0.05, 0) is 19.4 Å². The first kappa shape index (κ1) is 10.2. The third-order valence-corrected chi connectivity index (χ3v) is 1.61. The number of hydrogen-bond acceptors (Lipinski definition) is 2. The summed E-state index contributed by atoms with van der Waals surface area (Å²) in [6, 6.07) is 0.643. The molecule has 0 amide bonds. The van der Waals surface area contributed by atoms with Crippen LogP contribution in [0.25, 0.3) is 0 Å². The van der Waals surface area contributed by atoms with Gasteiger partial charge in [-0.25, -0.2) is 0 Å². The van der Waals surface area contributed by atoms with Gasteiger partial charge in [0.2, 0.25) is 0 Å². The SMILES string of the molecule is CCCNC1CCOC1.Cl. The van der Waals surface area contributed by atoms with Crippen LogP contribution in [0.2, 0.25) is 0 Å². The van der Waals surface area contributed by atoms with Gasteiger partial charge in [-0.15, -0.1) is 12.4 Å². The quantitative estimate of drug-likeness (QED) is 0.679. The standard InChI is InChI=1S/C7H15NO.ClH/c1-2-4-8-7-3-5-9-6-7;/h7-8H,2-6H2,1H3;1H. The third kappa shape index (κ3) is 3.40. The van der Waals surface area contributed by atoms with Crippen molar-refractivity contribution < 1.29 is 4.74 Å². The zero-order chi connectivity index (χ0) is 6.53. The van der Waals surface area contributed by atoms with Crippen molar-refractivity contribution in [2.45, 2.75) is 25.8 Å². The first-order valence-corrected chi connectivity index (χ1v) is 3.74. The second kappa shape index (κ2) is 5.96. The molecule has 10 heavy (non-hydrogen) atoms. The highest BCUT2D eigenvalue weighted by Crippen LogP contribution is 2.02. The number of halogens is 1. The maximum absolute atomic E-state index is 5.19. The van der Waals surface area contributed by atoms with Gasteiger partial charge < -0.3 is 10.1 Å². The monoisotopic (exact) mass is 165 g/mol. The maximum Gasteiger partial charge on any atom is 0.0620 e. The fourth-order valence-electron chi connectivity index (χ4n) is 1.04. The van der Waals surface area contributed by atoms with Crippen molar-refractivity contribution in [1.29, 1.82) is 0 Å². The fraction of sp³-hybridized carbons (Fsp3) is 1.00. The third-order valence-electron chi connectivity index (χ3n) is 1.61. The van der Waals surface area contributed by atoms with E-state index in [2.05, 4.69) is 12.2 Å². The molecule has 1 atom stereocenters. The van der Waals surface area contributed by atoms with E-state index in [1.54, 1.807) is 0 Å². The highest BCUT2D eigenvalue weighted by atomic mass is 35.5. The van der Waals surface area contributed by atoms with Crippen LogP contribution in [0.4, 0.5) is 0 Å². The van der Waals surface area contributed by atoms with E-state index in [-0.39, 0.29) is 12.4 Å². The highest BCUT2D eigenvalue weighted by Gasteiger charge is 2.12. The molecule has 0 aliphatic carbocycles. The molecule has 0 aromatic rings. The molecule has 1 saturated heterocycles. The molecule has 1 unspecified atom stereocenters. The van der Waals surface area contributed by atoms with E-state index in [9.17, 15) is 0 Å². The van der Waals surface area contributed by atoms with Crippen molar-refractivity contribution in [1.82, 2.24) is 5.32 Å². The Hall–Kier alpha value is 0.210. The van der Waals surface area contributed by atoms with Crippen molar-refractivity contribution in [3.63, 3.8) is 0 Å². The molecule has 0 aromatic heterocycles. The summed E-state index contributed by atoms with van der Waals surface area (Å²) >= 11 is 0. The number of ether oxygens (including phenoxy) is 1. The van der Waals surface area contributed by atoms with Crippen LogP contribution >= 0.6 is 12.4 Å². The summed E-state index contributed by atoms with van der Waals surface area (Å²) in [4.78, 5) is 0. The maximum atomic E-state index is 5.19. The van der Waals surface area contributed by atoms with Gasteiger partial charge in [0, 0.05) is 12.6 Å². The number of nitrogens with one attached hydrogen (secondary N) is 1. The van der Waals surface area contributed by atoms with Crippen LogP contribution in [0.15, 0.2) is 0 Å². The van der Waals surface area contributed by atoms with Crippen molar-refractivity contribution in [3.05, 3.63) is 0 Å². The Morgan fingerprint density at radius 1 is 1.60 bits per heavy atom. The molecule has 2 nitrogen and oxygen atoms in total. The predicted molar refractivity (Wildman–Crippen MR) is 44.8 cm³/mol. The van der Waals surface area contributed by atoms with Crippen LogP contribution in [0, 0.1) is 0 Å². The van der Waals surface area contributed by atoms with Crippen molar-refractivity contribution in [2.24, 2.45) is 0 Å². The van der Waals surface area contributed by atoms with Gasteiger partial charge in [-0.1, -0.05) is 6.92 Å². The molecule has 1 N–H and O–H groups in total.